The van der Waals surface area contributed by atoms with Gasteiger partial charge in [-0.2, -0.15) is 21.0 Å². The van der Waals surface area contributed by atoms with E-state index < -0.39 is 10.8 Å². The Morgan fingerprint density at radius 1 is 0.400 bits per heavy atom. The van der Waals surface area contributed by atoms with E-state index in [0.29, 0.717) is 44.5 Å². The third kappa shape index (κ3) is 11.4. The average Bonchev–Trinajstić information content (AvgIpc) is 1.49. The molecule has 4 aliphatic carbocycles. The number of rotatable bonds is 26. The van der Waals surface area contributed by atoms with Gasteiger partial charge in [0.25, 0.3) is 0 Å². The molecule has 0 radical (unpaired) electrons. The number of fused-ring (bicyclic) bond motifs is 12. The molecule has 0 N–H and O–H groups in total. The summed E-state index contributed by atoms with van der Waals surface area (Å²) in [5, 5.41) is 44.1. The Morgan fingerprint density at radius 2 is 0.780 bits per heavy atom. The molecule has 0 amide bonds. The fourth-order valence-electron chi connectivity index (χ4n) is 15.9. The third-order valence-electron chi connectivity index (χ3n) is 20.7. The molecule has 15 rings (SSSR count). The van der Waals surface area contributed by atoms with E-state index in [1.807, 2.05) is 117 Å². The van der Waals surface area contributed by atoms with E-state index in [1.54, 1.807) is 34.8 Å². The van der Waals surface area contributed by atoms with Gasteiger partial charge < -0.3 is 0 Å². The first-order valence-electron chi connectivity index (χ1n) is 35.6. The highest BCUT2D eigenvalue weighted by atomic mass is 32.1. The van der Waals surface area contributed by atoms with E-state index in [4.69, 9.17) is 0 Å². The van der Waals surface area contributed by atoms with Crippen molar-refractivity contribution in [2.75, 3.05) is 0 Å². The molecule has 8 heterocycles. The molecule has 14 heteroatoms. The topological polar surface area (TPSA) is 129 Å². The van der Waals surface area contributed by atoms with Crippen LogP contribution in [-0.2, 0) is 36.5 Å². The minimum atomic E-state index is -0.734. The van der Waals surface area contributed by atoms with E-state index in [0.717, 1.165) is 70.5 Å². The minimum absolute atomic E-state index is 0.0678. The zero-order valence-corrected chi connectivity index (χ0v) is 63.2. The summed E-state index contributed by atoms with van der Waals surface area (Å²) in [4.78, 5) is 43.0. The lowest BCUT2D eigenvalue weighted by Gasteiger charge is -2.33. The molecule has 0 aliphatic heterocycles. The Hall–Kier alpha value is -7.96. The summed E-state index contributed by atoms with van der Waals surface area (Å²) in [6, 6.07) is 50.3. The van der Waals surface area contributed by atoms with Gasteiger partial charge >= 0.3 is 0 Å². The van der Waals surface area contributed by atoms with Crippen LogP contribution in [0.1, 0.15) is 234 Å². The molecule has 0 bridgehead atoms. The molecule has 6 nitrogen and oxygen atoms in total. The number of benzene rings is 3. The number of nitriles is 4. The smallest absolute Gasteiger partial charge is 0.194 e. The summed E-state index contributed by atoms with van der Waals surface area (Å²) < 4.78 is 4.66. The van der Waals surface area contributed by atoms with Crippen molar-refractivity contribution in [3.63, 3.8) is 0 Å². The van der Waals surface area contributed by atoms with Gasteiger partial charge in [-0.1, -0.05) is 153 Å². The summed E-state index contributed by atoms with van der Waals surface area (Å²) in [5.41, 5.74) is 11.2. The molecule has 1 atom stereocenters. The summed E-state index contributed by atoms with van der Waals surface area (Å²) in [6.07, 6.45) is 26.8. The van der Waals surface area contributed by atoms with Crippen LogP contribution >= 0.6 is 90.7 Å². The van der Waals surface area contributed by atoms with Gasteiger partial charge in [-0.3, -0.25) is 9.59 Å². The Balaban J connectivity index is 1.01. The van der Waals surface area contributed by atoms with Crippen LogP contribution in [0.2, 0.25) is 0 Å². The van der Waals surface area contributed by atoms with Crippen molar-refractivity contribution in [2.24, 2.45) is 0 Å². The number of aryl methyl sites for hydroxylation is 4. The minimum Gasteiger partial charge on any atom is -0.289 e. The molecule has 4 aliphatic rings. The molecule has 0 spiro atoms. The maximum atomic E-state index is 14.6. The van der Waals surface area contributed by atoms with Crippen molar-refractivity contribution >= 4 is 144 Å². The monoisotopic (exact) mass is 1450 g/mol. The maximum absolute atomic E-state index is 14.6. The molecular weight excluding hydrogens is 1380 g/mol. The highest BCUT2D eigenvalue weighted by molar-refractivity contribution is 7.31. The number of carbonyl (C=O) groups is 2. The van der Waals surface area contributed by atoms with Gasteiger partial charge in [0.2, 0.25) is 0 Å². The molecule has 1 unspecified atom stereocenters. The first kappa shape index (κ1) is 67.8. The second-order valence-corrected chi connectivity index (χ2v) is 35.7. The van der Waals surface area contributed by atoms with Crippen molar-refractivity contribution in [3.8, 4) is 45.2 Å². The molecule has 0 fully saturated rings. The number of ketones is 2. The molecule has 0 saturated carbocycles. The normalized spacial score (nSPS) is 16.1. The van der Waals surface area contributed by atoms with E-state index in [2.05, 4.69) is 124 Å². The van der Waals surface area contributed by atoms with Gasteiger partial charge in [0.1, 0.15) is 35.4 Å². The van der Waals surface area contributed by atoms with Gasteiger partial charge in [-0.05, 0) is 175 Å². The number of unbranched alkanes of at least 4 members (excludes halogenated alkanes) is 12. The van der Waals surface area contributed by atoms with E-state index in [-0.39, 0.29) is 22.7 Å². The highest BCUT2D eigenvalue weighted by Crippen LogP contribution is 2.70. The SMILES string of the molecule is CCCCCCc1cc(C2(c3ccc(CCCCCC)s3)c3cc4c(cc3-c3sc5cc(/C=C6\C(=O)c7ccccc7C6=C(C#N)C#N)sc5c32)C(c2ccc(CCCCCC)s2)(c2ccc(CCCCCC)s2)c2c-4sc3cc(/C=C4\C(=O)c5ccccc5C4=C(C#N)C#N)sc23)cs1. The van der Waals surface area contributed by atoms with Crippen LogP contribution in [0.5, 0.6) is 0 Å². The van der Waals surface area contributed by atoms with E-state index in [9.17, 15) is 30.6 Å². The Morgan fingerprint density at radius 3 is 1.19 bits per heavy atom. The van der Waals surface area contributed by atoms with Crippen LogP contribution < -0.4 is 0 Å². The number of allylic oxidation sites excluding steroid dienone is 6. The molecule has 3 aromatic carbocycles. The second kappa shape index (κ2) is 28.8. The maximum Gasteiger partial charge on any atom is 0.194 e. The van der Waals surface area contributed by atoms with Crippen LogP contribution in [0.3, 0.4) is 0 Å². The predicted octanol–water partition coefficient (Wildman–Crippen LogP) is 25.9. The lowest BCUT2D eigenvalue weighted by atomic mass is 9.71. The number of hydrogen-bond acceptors (Lipinski definition) is 14. The third-order valence-corrected chi connectivity index (χ3v) is 30.3. The Kier molecular flexibility index (Phi) is 19.6. The molecule has 100 heavy (non-hydrogen) atoms. The zero-order chi connectivity index (χ0) is 68.8. The quantitative estimate of drug-likeness (QED) is 0.0302. The lowest BCUT2D eigenvalue weighted by Crippen LogP contribution is -2.28. The second-order valence-electron chi connectivity index (χ2n) is 26.9. The molecule has 8 aromatic heterocycles. The van der Waals surface area contributed by atoms with Gasteiger partial charge in [-0.15, -0.1) is 90.7 Å². The molecule has 11 aromatic rings. The summed E-state index contributed by atoms with van der Waals surface area (Å²) in [7, 11) is 0. The van der Waals surface area contributed by atoms with Gasteiger partial charge in [-0.25, -0.2) is 0 Å². The number of hydrogen-bond donors (Lipinski definition) is 0. The number of nitrogens with zero attached hydrogens (tertiary/aromatic N) is 4. The average molecular weight is 1450 g/mol. The fraction of sp³-hybridized carbons (Fsp3) is 0.302. The molecule has 0 saturated heterocycles. The lowest BCUT2D eigenvalue weighted by molar-refractivity contribution is 0.103. The van der Waals surface area contributed by atoms with E-state index >= 15 is 0 Å². The van der Waals surface area contributed by atoms with Crippen molar-refractivity contribution in [1.82, 2.24) is 0 Å². The van der Waals surface area contributed by atoms with Gasteiger partial charge in [0.15, 0.2) is 11.6 Å². The predicted molar refractivity (Wildman–Crippen MR) is 424 cm³/mol. The zero-order valence-electron chi connectivity index (χ0n) is 56.7. The van der Waals surface area contributed by atoms with Crippen LogP contribution in [0.15, 0.2) is 143 Å². The van der Waals surface area contributed by atoms with Crippen molar-refractivity contribution in [1.29, 1.82) is 21.0 Å². The number of Topliss-reactive ketones (excluding diaryl/α,β-unsaturated/α-hetero) is 2. The Bertz CT molecular complexity index is 4930. The first-order chi connectivity index (χ1) is 49.1. The van der Waals surface area contributed by atoms with Gasteiger partial charge in [0, 0.05) is 108 Å². The molecular formula is C86H74N4O2S8. The summed E-state index contributed by atoms with van der Waals surface area (Å²) in [6.45, 7) is 9.12. The Labute approximate surface area is 618 Å². The molecule has 498 valence electrons. The van der Waals surface area contributed by atoms with Crippen LogP contribution in [0.4, 0.5) is 0 Å². The summed E-state index contributed by atoms with van der Waals surface area (Å²) in [5.74, 6) is -0.359. The largest absolute Gasteiger partial charge is 0.289 e. The first-order valence-corrected chi connectivity index (χ1v) is 42.2. The number of carbonyl (C=O) groups excluding carboxylic acids is 2. The van der Waals surface area contributed by atoms with Crippen LogP contribution in [0.25, 0.3) is 63.0 Å². The van der Waals surface area contributed by atoms with Crippen molar-refractivity contribution < 1.29 is 9.59 Å². The number of thiophene rings is 8. The summed E-state index contributed by atoms with van der Waals surface area (Å²) >= 11 is 15.0. The highest BCUT2D eigenvalue weighted by Gasteiger charge is 2.56. The van der Waals surface area contributed by atoms with Crippen molar-refractivity contribution in [2.45, 2.75) is 167 Å². The van der Waals surface area contributed by atoms with Crippen LogP contribution in [-0.4, -0.2) is 11.6 Å². The van der Waals surface area contributed by atoms with Crippen molar-refractivity contribution in [3.05, 3.63) is 237 Å². The van der Waals surface area contributed by atoms with E-state index in [1.165, 1.54) is 169 Å². The van der Waals surface area contributed by atoms with Gasteiger partial charge in [0.05, 0.1) is 20.2 Å². The standard InChI is InChI=1S/C86H74N4O2S8/c1-5-9-13-17-25-54-33-36-72(94-54)85(53-39-57(93-50-53)28-20-16-12-8-4)68-44-65-69(45-64(68)81-77(85)83-70(99-81)42-58(97-83)40-66-75(51(46-87)47-88)60-29-21-23-31-62(60)79(66)91)86(73-37-34-55(95-73)26-18-14-10-6-2,74-38-35-56(96-74)27-19-15-11-7-3)78-82(65)100-71-43-59(98-84(71)78)41-67-76(52(48-89)49-90)61-30-22-24-32-63(61)80(67)92/h21-24,29-45,50H,5-20,25-28H2,1-4H3/b66-40-,67-41-. The van der Waals surface area contributed by atoms with Crippen LogP contribution in [0, 0.1) is 45.3 Å². The fourth-order valence-corrected chi connectivity index (χ4v) is 26.3.